The van der Waals surface area contributed by atoms with Crippen LogP contribution in [0, 0.1) is 11.8 Å². The van der Waals surface area contributed by atoms with Gasteiger partial charge in [-0.15, -0.1) is 0 Å². The first kappa shape index (κ1) is 14.2. The van der Waals surface area contributed by atoms with Crippen LogP contribution in [0.4, 0.5) is 4.79 Å². The predicted molar refractivity (Wildman–Crippen MR) is 69.8 cm³/mol. The van der Waals surface area contributed by atoms with Gasteiger partial charge in [0.25, 0.3) is 0 Å². The Hall–Kier alpha value is -1.26. The molecule has 2 fully saturated rings. The van der Waals surface area contributed by atoms with Crippen molar-refractivity contribution in [2.45, 2.75) is 58.1 Å². The number of carboxylic acid groups (broad SMARTS) is 1. The Labute approximate surface area is 113 Å². The molecule has 3 unspecified atom stereocenters. The number of carbonyl (C=O) groups excluding carboxylic acids is 1. The van der Waals surface area contributed by atoms with Crippen molar-refractivity contribution in [1.82, 2.24) is 4.90 Å². The first-order chi connectivity index (χ1) is 8.79. The average Bonchev–Trinajstić information content (AvgIpc) is 2.69. The predicted octanol–water partition coefficient (Wildman–Crippen LogP) is 2.50. The first-order valence-corrected chi connectivity index (χ1v) is 7.02. The van der Waals surface area contributed by atoms with Gasteiger partial charge in [-0.3, -0.25) is 4.79 Å². The molecule has 0 bridgehead atoms. The van der Waals surface area contributed by atoms with Crippen molar-refractivity contribution in [3.63, 3.8) is 0 Å². The average molecular weight is 269 g/mol. The van der Waals surface area contributed by atoms with Crippen molar-refractivity contribution in [3.05, 3.63) is 0 Å². The van der Waals surface area contributed by atoms with Crippen LogP contribution < -0.4 is 0 Å². The molecule has 1 heterocycles. The zero-order valence-electron chi connectivity index (χ0n) is 11.9. The summed E-state index contributed by atoms with van der Waals surface area (Å²) in [7, 11) is 0. The fourth-order valence-electron chi connectivity index (χ4n) is 3.33. The van der Waals surface area contributed by atoms with Gasteiger partial charge in [0.1, 0.15) is 5.60 Å². The normalized spacial score (nSPS) is 30.9. The number of rotatable bonds is 1. The zero-order valence-corrected chi connectivity index (χ0v) is 11.9. The van der Waals surface area contributed by atoms with Gasteiger partial charge in [0.2, 0.25) is 0 Å². The summed E-state index contributed by atoms with van der Waals surface area (Å²) < 4.78 is 5.41. The zero-order chi connectivity index (χ0) is 14.2. The molecule has 108 valence electrons. The van der Waals surface area contributed by atoms with E-state index in [1.807, 2.05) is 20.8 Å². The van der Waals surface area contributed by atoms with Gasteiger partial charge in [-0.25, -0.2) is 4.79 Å². The standard InChI is InChI=1S/C14H23NO4/c1-14(2,3)19-13(18)15-8-7-9-10(12(16)17)5-4-6-11(9)15/h9-11H,4-8H2,1-3H3,(H,16,17). The molecular formula is C14H23NO4. The summed E-state index contributed by atoms with van der Waals surface area (Å²) in [6, 6.07) is 0.0460. The summed E-state index contributed by atoms with van der Waals surface area (Å²) in [5, 5.41) is 9.26. The first-order valence-electron chi connectivity index (χ1n) is 7.02. The van der Waals surface area contributed by atoms with Gasteiger partial charge in [-0.05, 0) is 46.0 Å². The summed E-state index contributed by atoms with van der Waals surface area (Å²) in [6.45, 7) is 6.16. The van der Waals surface area contributed by atoms with Crippen LogP contribution in [-0.2, 0) is 9.53 Å². The van der Waals surface area contributed by atoms with Gasteiger partial charge in [-0.1, -0.05) is 6.42 Å². The molecule has 3 atom stereocenters. The Morgan fingerprint density at radius 3 is 2.47 bits per heavy atom. The third-order valence-corrected chi connectivity index (χ3v) is 4.07. The summed E-state index contributed by atoms with van der Waals surface area (Å²) in [4.78, 5) is 25.2. The van der Waals surface area contributed by atoms with Crippen LogP contribution in [0.25, 0.3) is 0 Å². The quantitative estimate of drug-likeness (QED) is 0.794. The van der Waals surface area contributed by atoms with E-state index in [0.29, 0.717) is 6.54 Å². The molecule has 1 amide bonds. The van der Waals surface area contributed by atoms with Gasteiger partial charge in [0.15, 0.2) is 0 Å². The summed E-state index contributed by atoms with van der Waals surface area (Å²) in [5.41, 5.74) is -0.504. The Morgan fingerprint density at radius 2 is 1.89 bits per heavy atom. The molecule has 1 aliphatic carbocycles. The number of aliphatic carboxylic acids is 1. The number of amides is 1. The second-order valence-electron chi connectivity index (χ2n) is 6.57. The smallest absolute Gasteiger partial charge is 0.410 e. The molecule has 0 aromatic carbocycles. The van der Waals surface area contributed by atoms with Gasteiger partial charge in [0, 0.05) is 12.6 Å². The summed E-state index contributed by atoms with van der Waals surface area (Å²) >= 11 is 0. The molecule has 0 radical (unpaired) electrons. The van der Waals surface area contributed by atoms with E-state index in [4.69, 9.17) is 4.74 Å². The molecule has 0 spiro atoms. The third-order valence-electron chi connectivity index (χ3n) is 4.07. The lowest BCUT2D eigenvalue weighted by Gasteiger charge is -2.35. The van der Waals surface area contributed by atoms with Crippen LogP contribution in [0.3, 0.4) is 0 Å². The Kier molecular flexibility index (Phi) is 3.74. The van der Waals surface area contributed by atoms with Crippen molar-refractivity contribution in [3.8, 4) is 0 Å². The molecule has 1 aliphatic heterocycles. The SMILES string of the molecule is CC(C)(C)OC(=O)N1CCC2C(C(=O)O)CCCC21. The number of likely N-dealkylation sites (tertiary alicyclic amines) is 1. The molecule has 0 aromatic rings. The fraction of sp³-hybridized carbons (Fsp3) is 0.857. The lowest BCUT2D eigenvalue weighted by atomic mass is 9.76. The van der Waals surface area contributed by atoms with E-state index in [1.54, 1.807) is 4.90 Å². The van der Waals surface area contributed by atoms with E-state index in [2.05, 4.69) is 0 Å². The molecular weight excluding hydrogens is 246 g/mol. The number of ether oxygens (including phenoxy) is 1. The Morgan fingerprint density at radius 1 is 1.21 bits per heavy atom. The van der Waals surface area contributed by atoms with Crippen LogP contribution in [0.5, 0.6) is 0 Å². The third kappa shape index (κ3) is 3.01. The highest BCUT2D eigenvalue weighted by Gasteiger charge is 2.46. The van der Waals surface area contributed by atoms with E-state index in [1.165, 1.54) is 0 Å². The highest BCUT2D eigenvalue weighted by molar-refractivity contribution is 5.72. The summed E-state index contributed by atoms with van der Waals surface area (Å²) in [6.07, 6.45) is 2.98. The molecule has 1 saturated heterocycles. The minimum absolute atomic E-state index is 0.0460. The second kappa shape index (κ2) is 5.02. The molecule has 1 N–H and O–H groups in total. The number of hydrogen-bond donors (Lipinski definition) is 1. The maximum Gasteiger partial charge on any atom is 0.410 e. The lowest BCUT2D eigenvalue weighted by molar-refractivity contribution is -0.145. The van der Waals surface area contributed by atoms with Crippen molar-refractivity contribution in [2.24, 2.45) is 11.8 Å². The Balaban J connectivity index is 2.06. The van der Waals surface area contributed by atoms with Crippen molar-refractivity contribution >= 4 is 12.1 Å². The molecule has 1 saturated carbocycles. The van der Waals surface area contributed by atoms with E-state index in [-0.39, 0.29) is 24.0 Å². The molecule has 19 heavy (non-hydrogen) atoms. The Bertz CT molecular complexity index is 374. The van der Waals surface area contributed by atoms with Crippen molar-refractivity contribution in [2.75, 3.05) is 6.54 Å². The van der Waals surface area contributed by atoms with E-state index >= 15 is 0 Å². The minimum Gasteiger partial charge on any atom is -0.481 e. The van der Waals surface area contributed by atoms with E-state index in [0.717, 1.165) is 25.7 Å². The minimum atomic E-state index is -0.722. The summed E-state index contributed by atoms with van der Waals surface area (Å²) in [5.74, 6) is -0.925. The number of carbonyl (C=O) groups is 2. The molecule has 5 heteroatoms. The number of carboxylic acids is 1. The fourth-order valence-corrected chi connectivity index (χ4v) is 3.33. The number of hydrogen-bond acceptors (Lipinski definition) is 3. The number of nitrogens with zero attached hydrogens (tertiary/aromatic N) is 1. The lowest BCUT2D eigenvalue weighted by Crippen LogP contribution is -2.45. The molecule has 2 rings (SSSR count). The van der Waals surface area contributed by atoms with Crippen LogP contribution >= 0.6 is 0 Å². The molecule has 2 aliphatic rings. The maximum absolute atomic E-state index is 12.1. The molecule has 5 nitrogen and oxygen atoms in total. The highest BCUT2D eigenvalue weighted by Crippen LogP contribution is 2.40. The van der Waals surface area contributed by atoms with Crippen LogP contribution in [0.15, 0.2) is 0 Å². The van der Waals surface area contributed by atoms with Gasteiger partial charge in [-0.2, -0.15) is 0 Å². The van der Waals surface area contributed by atoms with Crippen LogP contribution in [0.1, 0.15) is 46.5 Å². The molecule has 0 aromatic heterocycles. The second-order valence-corrected chi connectivity index (χ2v) is 6.57. The van der Waals surface area contributed by atoms with Crippen LogP contribution in [0.2, 0.25) is 0 Å². The monoisotopic (exact) mass is 269 g/mol. The van der Waals surface area contributed by atoms with Crippen LogP contribution in [-0.4, -0.2) is 40.3 Å². The van der Waals surface area contributed by atoms with E-state index < -0.39 is 11.6 Å². The highest BCUT2D eigenvalue weighted by atomic mass is 16.6. The van der Waals surface area contributed by atoms with Gasteiger partial charge < -0.3 is 14.7 Å². The largest absolute Gasteiger partial charge is 0.481 e. The number of fused-ring (bicyclic) bond motifs is 1. The van der Waals surface area contributed by atoms with Gasteiger partial charge in [0.05, 0.1) is 5.92 Å². The van der Waals surface area contributed by atoms with Crippen molar-refractivity contribution in [1.29, 1.82) is 0 Å². The maximum atomic E-state index is 12.1. The van der Waals surface area contributed by atoms with Crippen molar-refractivity contribution < 1.29 is 19.4 Å². The topological polar surface area (TPSA) is 66.8 Å². The van der Waals surface area contributed by atoms with Gasteiger partial charge >= 0.3 is 12.1 Å². The van der Waals surface area contributed by atoms with E-state index in [9.17, 15) is 14.7 Å².